The zero-order valence-electron chi connectivity index (χ0n) is 16.9. The number of amides is 1. The third-order valence-electron chi connectivity index (χ3n) is 5.74. The van der Waals surface area contributed by atoms with Crippen LogP contribution in [0.4, 0.5) is 0 Å². The highest BCUT2D eigenvalue weighted by molar-refractivity contribution is 7.89. The number of benzene rings is 2. The Balaban J connectivity index is 1.71. The van der Waals surface area contributed by atoms with Crippen LogP contribution >= 0.6 is 0 Å². The molecule has 1 aliphatic rings. The zero-order valence-corrected chi connectivity index (χ0v) is 17.7. The summed E-state index contributed by atoms with van der Waals surface area (Å²) in [4.78, 5) is 13.2. The van der Waals surface area contributed by atoms with Crippen LogP contribution in [0.5, 0.6) is 0 Å². The third kappa shape index (κ3) is 3.81. The van der Waals surface area contributed by atoms with Crippen LogP contribution in [0.25, 0.3) is 11.0 Å². The number of nitrogens with one attached hydrogen (secondary N) is 1. The summed E-state index contributed by atoms with van der Waals surface area (Å²) in [6.07, 6.45) is 2.93. The first-order valence-corrected chi connectivity index (χ1v) is 11.8. The number of hydrogen-bond acceptors (Lipinski definition) is 4. The van der Waals surface area contributed by atoms with E-state index >= 15 is 0 Å². The van der Waals surface area contributed by atoms with E-state index in [0.717, 1.165) is 24.7 Å². The molecule has 1 amide bonds. The van der Waals surface area contributed by atoms with Crippen LogP contribution in [0, 0.1) is 0 Å². The van der Waals surface area contributed by atoms with Gasteiger partial charge < -0.3 is 9.73 Å². The fraction of sp³-hybridized carbons (Fsp3) is 0.348. The van der Waals surface area contributed by atoms with E-state index in [9.17, 15) is 13.2 Å². The second-order valence-corrected chi connectivity index (χ2v) is 10.7. The number of furan rings is 1. The minimum atomic E-state index is -3.33. The van der Waals surface area contributed by atoms with Gasteiger partial charge in [-0.3, -0.25) is 4.79 Å². The van der Waals surface area contributed by atoms with Crippen molar-refractivity contribution in [3.8, 4) is 0 Å². The van der Waals surface area contributed by atoms with Crippen molar-refractivity contribution < 1.29 is 17.6 Å². The number of carbonyl (C=O) groups is 1. The SMILES string of the molecule is CC1(C)CCC(NC(=O)c2oc3ccccc3c2CS(C)(=O)=O)c2ccccc21. The first-order valence-electron chi connectivity index (χ1n) is 9.74. The molecule has 152 valence electrons. The van der Waals surface area contributed by atoms with Crippen molar-refractivity contribution in [1.29, 1.82) is 0 Å². The molecule has 2 aromatic carbocycles. The average molecular weight is 412 g/mol. The Morgan fingerprint density at radius 2 is 1.83 bits per heavy atom. The molecule has 0 bridgehead atoms. The van der Waals surface area contributed by atoms with Gasteiger partial charge in [0, 0.05) is 17.2 Å². The van der Waals surface area contributed by atoms with Crippen molar-refractivity contribution in [2.75, 3.05) is 6.26 Å². The smallest absolute Gasteiger partial charge is 0.287 e. The molecule has 5 nitrogen and oxygen atoms in total. The topological polar surface area (TPSA) is 76.4 Å². The van der Waals surface area contributed by atoms with Gasteiger partial charge in [-0.1, -0.05) is 56.3 Å². The maximum Gasteiger partial charge on any atom is 0.287 e. The van der Waals surface area contributed by atoms with Crippen LogP contribution in [-0.2, 0) is 21.0 Å². The van der Waals surface area contributed by atoms with Gasteiger partial charge in [0.2, 0.25) is 0 Å². The minimum Gasteiger partial charge on any atom is -0.451 e. The first-order chi connectivity index (χ1) is 13.7. The average Bonchev–Trinajstić information content (AvgIpc) is 3.01. The van der Waals surface area contributed by atoms with Crippen molar-refractivity contribution >= 4 is 26.7 Å². The highest BCUT2D eigenvalue weighted by Gasteiger charge is 2.34. The Morgan fingerprint density at radius 3 is 2.59 bits per heavy atom. The van der Waals surface area contributed by atoms with E-state index in [4.69, 9.17) is 4.42 Å². The lowest BCUT2D eigenvalue weighted by molar-refractivity contribution is 0.0902. The molecule has 1 heterocycles. The Hall–Kier alpha value is -2.60. The number of fused-ring (bicyclic) bond motifs is 2. The quantitative estimate of drug-likeness (QED) is 0.685. The molecular formula is C23H25NO4S. The van der Waals surface area contributed by atoms with E-state index < -0.39 is 9.84 Å². The van der Waals surface area contributed by atoms with E-state index in [1.807, 2.05) is 18.2 Å². The number of rotatable bonds is 4. The number of sulfone groups is 1. The Labute approximate surface area is 171 Å². The van der Waals surface area contributed by atoms with Crippen LogP contribution < -0.4 is 5.32 Å². The maximum absolute atomic E-state index is 13.2. The van der Waals surface area contributed by atoms with Gasteiger partial charge in [-0.25, -0.2) is 8.42 Å². The van der Waals surface area contributed by atoms with Crippen LogP contribution in [-0.4, -0.2) is 20.6 Å². The zero-order chi connectivity index (χ0) is 20.8. The molecule has 0 spiro atoms. The third-order valence-corrected chi connectivity index (χ3v) is 6.55. The summed E-state index contributed by atoms with van der Waals surface area (Å²) in [5.41, 5.74) is 3.33. The second-order valence-electron chi connectivity index (χ2n) is 8.51. The lowest BCUT2D eigenvalue weighted by Crippen LogP contribution is -2.35. The predicted octanol–water partition coefficient (Wildman–Crippen LogP) is 4.52. The number of hydrogen-bond donors (Lipinski definition) is 1. The fourth-order valence-corrected chi connectivity index (χ4v) is 5.08. The van der Waals surface area contributed by atoms with Crippen LogP contribution in [0.3, 0.4) is 0 Å². The summed E-state index contributed by atoms with van der Waals surface area (Å²) < 4.78 is 29.7. The Morgan fingerprint density at radius 1 is 1.14 bits per heavy atom. The molecule has 1 aromatic heterocycles. The molecule has 1 atom stereocenters. The van der Waals surface area contributed by atoms with Crippen molar-refractivity contribution in [1.82, 2.24) is 5.32 Å². The van der Waals surface area contributed by atoms with Gasteiger partial charge in [0.25, 0.3) is 5.91 Å². The molecule has 0 radical (unpaired) electrons. The van der Waals surface area contributed by atoms with Crippen molar-refractivity contribution in [3.63, 3.8) is 0 Å². The van der Waals surface area contributed by atoms with Crippen LogP contribution in [0.15, 0.2) is 52.9 Å². The molecule has 4 rings (SSSR count). The van der Waals surface area contributed by atoms with Crippen molar-refractivity contribution in [3.05, 3.63) is 71.0 Å². The Kier molecular flexibility index (Phi) is 4.77. The van der Waals surface area contributed by atoms with Gasteiger partial charge in [-0.2, -0.15) is 0 Å². The fourth-order valence-electron chi connectivity index (χ4n) is 4.27. The van der Waals surface area contributed by atoms with Crippen molar-refractivity contribution in [2.24, 2.45) is 0 Å². The predicted molar refractivity (Wildman–Crippen MR) is 114 cm³/mol. The van der Waals surface area contributed by atoms with Crippen molar-refractivity contribution in [2.45, 2.75) is 43.9 Å². The molecule has 3 aromatic rings. The number of carbonyl (C=O) groups excluding carboxylic acids is 1. The molecule has 1 unspecified atom stereocenters. The first kappa shape index (κ1) is 19.7. The number of para-hydroxylation sites is 1. The second kappa shape index (κ2) is 7.02. The van der Waals surface area contributed by atoms with E-state index in [1.165, 1.54) is 5.56 Å². The van der Waals surface area contributed by atoms with Crippen LogP contribution in [0.2, 0.25) is 0 Å². The maximum atomic E-state index is 13.2. The van der Waals surface area contributed by atoms with E-state index in [1.54, 1.807) is 18.2 Å². The van der Waals surface area contributed by atoms with E-state index in [2.05, 4.69) is 31.3 Å². The van der Waals surface area contributed by atoms with Crippen LogP contribution in [0.1, 0.15) is 60.0 Å². The molecule has 0 saturated heterocycles. The van der Waals surface area contributed by atoms with E-state index in [-0.39, 0.29) is 28.9 Å². The highest BCUT2D eigenvalue weighted by Crippen LogP contribution is 2.41. The standard InChI is InChI=1S/C23H25NO4S/c1-23(2)13-12-19(16-9-4-6-10-18(16)23)24-22(25)21-17(14-29(3,26)27)15-8-5-7-11-20(15)28-21/h4-11,19H,12-14H2,1-3H3,(H,24,25). The molecule has 29 heavy (non-hydrogen) atoms. The molecule has 0 saturated carbocycles. The Bertz CT molecular complexity index is 1190. The monoisotopic (exact) mass is 411 g/mol. The van der Waals surface area contributed by atoms with Gasteiger partial charge in [0.15, 0.2) is 15.6 Å². The summed E-state index contributed by atoms with van der Waals surface area (Å²) in [5.74, 6) is -0.528. The highest BCUT2D eigenvalue weighted by atomic mass is 32.2. The summed E-state index contributed by atoms with van der Waals surface area (Å²) in [5, 5.41) is 3.75. The largest absolute Gasteiger partial charge is 0.451 e. The molecule has 0 aliphatic heterocycles. The summed E-state index contributed by atoms with van der Waals surface area (Å²) in [6, 6.07) is 15.2. The summed E-state index contributed by atoms with van der Waals surface area (Å²) in [6.45, 7) is 4.43. The lowest BCUT2D eigenvalue weighted by Gasteiger charge is -2.37. The molecule has 1 N–H and O–H groups in total. The van der Waals surface area contributed by atoms with Gasteiger partial charge in [-0.15, -0.1) is 0 Å². The van der Waals surface area contributed by atoms with E-state index in [0.29, 0.717) is 16.5 Å². The molecule has 0 fully saturated rings. The van der Waals surface area contributed by atoms with Gasteiger partial charge in [0.1, 0.15) is 5.58 Å². The summed E-state index contributed by atoms with van der Waals surface area (Å²) >= 11 is 0. The van der Waals surface area contributed by atoms with Gasteiger partial charge in [-0.05, 0) is 35.4 Å². The van der Waals surface area contributed by atoms with Gasteiger partial charge >= 0.3 is 0 Å². The molecule has 6 heteroatoms. The molecular weight excluding hydrogens is 386 g/mol. The minimum absolute atomic E-state index is 0.0542. The normalized spacial score (nSPS) is 18.4. The summed E-state index contributed by atoms with van der Waals surface area (Å²) in [7, 11) is -3.33. The lowest BCUT2D eigenvalue weighted by atomic mass is 9.71. The van der Waals surface area contributed by atoms with Gasteiger partial charge in [0.05, 0.1) is 11.8 Å². The molecule has 1 aliphatic carbocycles.